The van der Waals surface area contributed by atoms with Crippen molar-refractivity contribution in [2.75, 3.05) is 5.32 Å². The molecule has 0 aliphatic heterocycles. The van der Waals surface area contributed by atoms with E-state index in [9.17, 15) is 0 Å². The van der Waals surface area contributed by atoms with Crippen LogP contribution in [-0.4, -0.2) is 10.1 Å². The third-order valence-electron chi connectivity index (χ3n) is 2.62. The van der Waals surface area contributed by atoms with Crippen molar-refractivity contribution in [1.29, 1.82) is 0 Å². The number of pyridine rings is 1. The molecule has 0 amide bonds. The predicted octanol–water partition coefficient (Wildman–Crippen LogP) is 2.75. The Kier molecular flexibility index (Phi) is 3.73. The molecule has 0 saturated heterocycles. The number of rotatable bonds is 4. The van der Waals surface area contributed by atoms with E-state index in [1.165, 1.54) is 0 Å². The van der Waals surface area contributed by atoms with Crippen LogP contribution < -0.4 is 5.32 Å². The molecule has 1 unspecified atom stereocenters. The summed E-state index contributed by atoms with van der Waals surface area (Å²) in [7, 11) is 0. The highest BCUT2D eigenvalue weighted by Gasteiger charge is 2.05. The summed E-state index contributed by atoms with van der Waals surface area (Å²) in [6.45, 7) is 2.13. The molecule has 2 N–H and O–H groups in total. The van der Waals surface area contributed by atoms with Gasteiger partial charge in [0.25, 0.3) is 0 Å². The van der Waals surface area contributed by atoms with Crippen molar-refractivity contribution in [3.63, 3.8) is 0 Å². The SMILES string of the molecule is CC(Nc1cccc(CO)c1)c1ccccn1. The van der Waals surface area contributed by atoms with Crippen LogP contribution in [0.15, 0.2) is 48.7 Å². The van der Waals surface area contributed by atoms with Gasteiger partial charge in [-0.1, -0.05) is 18.2 Å². The van der Waals surface area contributed by atoms with E-state index in [4.69, 9.17) is 5.11 Å². The summed E-state index contributed by atoms with van der Waals surface area (Å²) in [6, 6.07) is 13.8. The highest BCUT2D eigenvalue weighted by Crippen LogP contribution is 2.18. The second-order valence-electron chi connectivity index (χ2n) is 3.98. The predicted molar refractivity (Wildman–Crippen MR) is 68.6 cm³/mol. The molecule has 0 radical (unpaired) electrons. The maximum atomic E-state index is 9.07. The lowest BCUT2D eigenvalue weighted by Gasteiger charge is -2.15. The van der Waals surface area contributed by atoms with Gasteiger partial charge in [0.2, 0.25) is 0 Å². The largest absolute Gasteiger partial charge is 0.392 e. The van der Waals surface area contributed by atoms with Crippen molar-refractivity contribution in [3.8, 4) is 0 Å². The van der Waals surface area contributed by atoms with Crippen LogP contribution in [0.3, 0.4) is 0 Å². The number of hydrogen-bond acceptors (Lipinski definition) is 3. The molecule has 17 heavy (non-hydrogen) atoms. The zero-order chi connectivity index (χ0) is 12.1. The summed E-state index contributed by atoms with van der Waals surface area (Å²) >= 11 is 0. The van der Waals surface area contributed by atoms with Crippen molar-refractivity contribution in [1.82, 2.24) is 4.98 Å². The monoisotopic (exact) mass is 228 g/mol. The first-order valence-electron chi connectivity index (χ1n) is 5.67. The summed E-state index contributed by atoms with van der Waals surface area (Å²) in [6.07, 6.45) is 1.79. The summed E-state index contributed by atoms with van der Waals surface area (Å²) in [4.78, 5) is 4.31. The molecule has 0 aliphatic carbocycles. The van der Waals surface area contributed by atoms with E-state index in [-0.39, 0.29) is 12.6 Å². The summed E-state index contributed by atoms with van der Waals surface area (Å²) in [5.41, 5.74) is 2.90. The molecule has 1 aromatic carbocycles. The van der Waals surface area contributed by atoms with E-state index < -0.39 is 0 Å². The van der Waals surface area contributed by atoms with E-state index in [1.807, 2.05) is 42.5 Å². The van der Waals surface area contributed by atoms with E-state index in [1.54, 1.807) is 6.20 Å². The molecule has 0 spiro atoms. The molecule has 88 valence electrons. The van der Waals surface area contributed by atoms with Crippen LogP contribution in [0.1, 0.15) is 24.2 Å². The van der Waals surface area contributed by atoms with Gasteiger partial charge < -0.3 is 10.4 Å². The standard InChI is InChI=1S/C14H16N2O/c1-11(14-7-2-3-8-15-14)16-13-6-4-5-12(9-13)10-17/h2-9,11,16-17H,10H2,1H3. The van der Waals surface area contributed by atoms with Gasteiger partial charge in [0.1, 0.15) is 0 Å². The average Bonchev–Trinajstić information content (AvgIpc) is 2.40. The van der Waals surface area contributed by atoms with Crippen LogP contribution in [-0.2, 0) is 6.61 Å². The van der Waals surface area contributed by atoms with Crippen molar-refractivity contribution in [3.05, 3.63) is 59.9 Å². The third-order valence-corrected chi connectivity index (χ3v) is 2.62. The molecule has 0 saturated carbocycles. The zero-order valence-corrected chi connectivity index (χ0v) is 9.80. The fourth-order valence-corrected chi connectivity index (χ4v) is 1.72. The van der Waals surface area contributed by atoms with Gasteiger partial charge in [-0.3, -0.25) is 4.98 Å². The Morgan fingerprint density at radius 3 is 2.82 bits per heavy atom. The van der Waals surface area contributed by atoms with Crippen molar-refractivity contribution < 1.29 is 5.11 Å². The Bertz CT molecular complexity index is 471. The second kappa shape index (κ2) is 5.46. The minimum Gasteiger partial charge on any atom is -0.392 e. The van der Waals surface area contributed by atoms with Crippen LogP contribution in [0.25, 0.3) is 0 Å². The fraction of sp³-hybridized carbons (Fsp3) is 0.214. The molecule has 0 fully saturated rings. The van der Waals surface area contributed by atoms with Crippen LogP contribution in [0.4, 0.5) is 5.69 Å². The van der Waals surface area contributed by atoms with Gasteiger partial charge in [0, 0.05) is 11.9 Å². The van der Waals surface area contributed by atoms with Crippen LogP contribution in [0.2, 0.25) is 0 Å². The number of benzene rings is 1. The third kappa shape index (κ3) is 3.04. The van der Waals surface area contributed by atoms with Crippen LogP contribution in [0, 0.1) is 0 Å². The van der Waals surface area contributed by atoms with E-state index in [0.29, 0.717) is 0 Å². The molecule has 1 atom stereocenters. The minimum absolute atomic E-state index is 0.0630. The lowest BCUT2D eigenvalue weighted by Crippen LogP contribution is -2.08. The normalized spacial score (nSPS) is 12.1. The molecule has 3 heteroatoms. The lowest BCUT2D eigenvalue weighted by atomic mass is 10.1. The Hall–Kier alpha value is -1.87. The summed E-state index contributed by atoms with van der Waals surface area (Å²) < 4.78 is 0. The number of aliphatic hydroxyl groups excluding tert-OH is 1. The molecule has 1 aromatic heterocycles. The number of aromatic nitrogens is 1. The highest BCUT2D eigenvalue weighted by atomic mass is 16.3. The first-order chi connectivity index (χ1) is 8.29. The molecule has 2 rings (SSSR count). The number of nitrogens with one attached hydrogen (secondary N) is 1. The lowest BCUT2D eigenvalue weighted by molar-refractivity contribution is 0.282. The first kappa shape index (κ1) is 11.6. The summed E-state index contributed by atoms with van der Waals surface area (Å²) in [5.74, 6) is 0. The van der Waals surface area contributed by atoms with E-state index in [2.05, 4.69) is 17.2 Å². The van der Waals surface area contributed by atoms with Gasteiger partial charge in [-0.05, 0) is 36.8 Å². The number of anilines is 1. The van der Waals surface area contributed by atoms with Gasteiger partial charge in [-0.25, -0.2) is 0 Å². The van der Waals surface area contributed by atoms with Gasteiger partial charge in [0.15, 0.2) is 0 Å². The molecule has 0 bridgehead atoms. The van der Waals surface area contributed by atoms with Gasteiger partial charge in [0.05, 0.1) is 18.3 Å². The smallest absolute Gasteiger partial charge is 0.0682 e. The quantitative estimate of drug-likeness (QED) is 0.845. The van der Waals surface area contributed by atoms with Gasteiger partial charge >= 0.3 is 0 Å². The molecule has 0 aliphatic rings. The van der Waals surface area contributed by atoms with Crippen LogP contribution >= 0.6 is 0 Å². The van der Waals surface area contributed by atoms with Crippen molar-refractivity contribution in [2.45, 2.75) is 19.6 Å². The maximum Gasteiger partial charge on any atom is 0.0682 e. The molecule has 3 nitrogen and oxygen atoms in total. The Morgan fingerprint density at radius 1 is 1.24 bits per heavy atom. The van der Waals surface area contributed by atoms with Crippen LogP contribution in [0.5, 0.6) is 0 Å². The first-order valence-corrected chi connectivity index (χ1v) is 5.67. The van der Waals surface area contributed by atoms with E-state index >= 15 is 0 Å². The van der Waals surface area contributed by atoms with Gasteiger partial charge in [-0.15, -0.1) is 0 Å². The Morgan fingerprint density at radius 2 is 2.12 bits per heavy atom. The Balaban J connectivity index is 2.10. The summed E-state index contributed by atoms with van der Waals surface area (Å²) in [5, 5.41) is 12.4. The zero-order valence-electron chi connectivity index (χ0n) is 9.80. The molecular formula is C14H16N2O. The fourth-order valence-electron chi connectivity index (χ4n) is 1.72. The second-order valence-corrected chi connectivity index (χ2v) is 3.98. The Labute approximate surface area is 101 Å². The van der Waals surface area contributed by atoms with Crippen molar-refractivity contribution >= 4 is 5.69 Å². The maximum absolute atomic E-state index is 9.07. The molecule has 1 heterocycles. The molecular weight excluding hydrogens is 212 g/mol. The topological polar surface area (TPSA) is 45.1 Å². The number of aliphatic hydroxyl groups is 1. The van der Waals surface area contributed by atoms with Gasteiger partial charge in [-0.2, -0.15) is 0 Å². The number of hydrogen-bond donors (Lipinski definition) is 2. The van der Waals surface area contributed by atoms with E-state index in [0.717, 1.165) is 16.9 Å². The highest BCUT2D eigenvalue weighted by molar-refractivity contribution is 5.47. The average molecular weight is 228 g/mol. The minimum atomic E-state index is 0.0630. The van der Waals surface area contributed by atoms with Crippen molar-refractivity contribution in [2.24, 2.45) is 0 Å². The molecule has 2 aromatic rings. The number of nitrogens with zero attached hydrogens (tertiary/aromatic N) is 1.